The van der Waals surface area contributed by atoms with Gasteiger partial charge in [0.2, 0.25) is 0 Å². The van der Waals surface area contributed by atoms with Gasteiger partial charge >= 0.3 is 0 Å². The van der Waals surface area contributed by atoms with E-state index in [9.17, 15) is 0 Å². The number of nitrogens with zero attached hydrogens (tertiary/aromatic N) is 1. The summed E-state index contributed by atoms with van der Waals surface area (Å²) in [6, 6.07) is 20.6. The summed E-state index contributed by atoms with van der Waals surface area (Å²) in [5.41, 5.74) is 2.84. The number of benzene rings is 2. The van der Waals surface area contributed by atoms with Crippen molar-refractivity contribution in [2.75, 3.05) is 44.2 Å². The zero-order chi connectivity index (χ0) is 17.8. The molecule has 4 rings (SSSR count). The Kier molecular flexibility index (Phi) is 5.93. The Morgan fingerprint density at radius 2 is 1.62 bits per heavy atom. The average Bonchev–Trinajstić information content (AvgIpc) is 2.70. The number of likely N-dealkylation sites (tertiary alicyclic amines) is 1. The molecule has 2 fully saturated rings. The predicted octanol–water partition coefficient (Wildman–Crippen LogP) is 1.40. The first-order chi connectivity index (χ1) is 12.8. The molecule has 0 spiro atoms. The van der Waals surface area contributed by atoms with Crippen molar-refractivity contribution < 1.29 is 9.80 Å². The lowest BCUT2D eigenvalue weighted by atomic mass is 10.0. The first kappa shape index (κ1) is 18.0. The summed E-state index contributed by atoms with van der Waals surface area (Å²) >= 11 is 3.59. The van der Waals surface area contributed by atoms with Crippen molar-refractivity contribution in [1.82, 2.24) is 0 Å². The molecule has 2 saturated heterocycles. The zero-order valence-corrected chi connectivity index (χ0v) is 17.0. The van der Waals surface area contributed by atoms with Crippen molar-refractivity contribution in [2.45, 2.75) is 25.4 Å². The van der Waals surface area contributed by atoms with E-state index in [0.29, 0.717) is 0 Å². The molecule has 2 aliphatic rings. The highest BCUT2D eigenvalue weighted by molar-refractivity contribution is 9.10. The van der Waals surface area contributed by atoms with Crippen molar-refractivity contribution in [3.63, 3.8) is 0 Å². The predicted molar refractivity (Wildman–Crippen MR) is 111 cm³/mol. The van der Waals surface area contributed by atoms with E-state index in [2.05, 4.69) is 75.4 Å². The van der Waals surface area contributed by atoms with Crippen molar-refractivity contribution in [3.05, 3.63) is 64.6 Å². The normalized spacial score (nSPS) is 24.6. The first-order valence-corrected chi connectivity index (χ1v) is 10.8. The number of halogens is 1. The van der Waals surface area contributed by atoms with Gasteiger partial charge in [0, 0.05) is 28.6 Å². The quantitative estimate of drug-likeness (QED) is 0.768. The Morgan fingerprint density at radius 1 is 0.885 bits per heavy atom. The second kappa shape index (κ2) is 8.55. The van der Waals surface area contributed by atoms with Crippen molar-refractivity contribution in [1.29, 1.82) is 0 Å². The molecule has 2 N–H and O–H groups in total. The molecule has 0 amide bonds. The second-order valence-electron chi connectivity index (χ2n) is 7.81. The van der Waals surface area contributed by atoms with Crippen molar-refractivity contribution in [2.24, 2.45) is 0 Å². The van der Waals surface area contributed by atoms with Crippen LogP contribution in [0.2, 0.25) is 0 Å². The van der Waals surface area contributed by atoms with Crippen LogP contribution in [0.4, 0.5) is 5.69 Å². The van der Waals surface area contributed by atoms with Crippen LogP contribution in [0.25, 0.3) is 0 Å². The summed E-state index contributed by atoms with van der Waals surface area (Å²) in [6.45, 7) is 8.80. The molecule has 4 heteroatoms. The Morgan fingerprint density at radius 3 is 2.31 bits per heavy atom. The molecule has 2 heterocycles. The van der Waals surface area contributed by atoms with Crippen LogP contribution in [0.5, 0.6) is 0 Å². The third-order valence-electron chi connectivity index (χ3n) is 6.14. The SMILES string of the molecule is Brc1cccc(C[NH+]2CCC([NH+]3CCN(c4ccccc4)CC3)CC2)c1. The highest BCUT2D eigenvalue weighted by Crippen LogP contribution is 2.13. The minimum Gasteiger partial charge on any atom is -0.360 e. The summed E-state index contributed by atoms with van der Waals surface area (Å²) in [6.07, 6.45) is 2.76. The highest BCUT2D eigenvalue weighted by atomic mass is 79.9. The maximum Gasteiger partial charge on any atom is 0.103 e. The zero-order valence-electron chi connectivity index (χ0n) is 15.5. The van der Waals surface area contributed by atoms with Gasteiger partial charge in [0.05, 0.1) is 45.3 Å². The van der Waals surface area contributed by atoms with E-state index >= 15 is 0 Å². The minimum atomic E-state index is 0.874. The summed E-state index contributed by atoms with van der Waals surface area (Å²) in [4.78, 5) is 6.15. The molecular weight excluding hydrogens is 386 g/mol. The van der Waals surface area contributed by atoms with Gasteiger partial charge in [0.15, 0.2) is 0 Å². The first-order valence-electron chi connectivity index (χ1n) is 10.0. The maximum absolute atomic E-state index is 3.59. The number of hydrogen-bond acceptors (Lipinski definition) is 1. The Labute approximate surface area is 165 Å². The Balaban J connectivity index is 1.24. The third-order valence-corrected chi connectivity index (χ3v) is 6.63. The van der Waals surface area contributed by atoms with E-state index in [1.54, 1.807) is 4.90 Å². The summed E-state index contributed by atoms with van der Waals surface area (Å²) in [7, 11) is 0. The molecule has 138 valence electrons. The Hall–Kier alpha value is -1.36. The fraction of sp³-hybridized carbons (Fsp3) is 0.455. The molecule has 26 heavy (non-hydrogen) atoms. The van der Waals surface area contributed by atoms with Crippen LogP contribution >= 0.6 is 15.9 Å². The van der Waals surface area contributed by atoms with Gasteiger partial charge in [0.25, 0.3) is 0 Å². The van der Waals surface area contributed by atoms with Crippen LogP contribution in [0.15, 0.2) is 59.1 Å². The average molecular weight is 416 g/mol. The monoisotopic (exact) mass is 415 g/mol. The third kappa shape index (κ3) is 4.48. The van der Waals surface area contributed by atoms with Gasteiger partial charge in [-0.25, -0.2) is 0 Å². The Bertz CT molecular complexity index is 690. The lowest BCUT2D eigenvalue weighted by Crippen LogP contribution is -3.21. The lowest BCUT2D eigenvalue weighted by Gasteiger charge is -2.39. The van der Waals surface area contributed by atoms with E-state index in [4.69, 9.17) is 0 Å². The van der Waals surface area contributed by atoms with Gasteiger partial charge in [-0.1, -0.05) is 46.3 Å². The summed E-state index contributed by atoms with van der Waals surface area (Å²) < 4.78 is 1.20. The fourth-order valence-electron chi connectivity index (χ4n) is 4.65. The molecule has 0 bridgehead atoms. The molecule has 0 atom stereocenters. The van der Waals surface area contributed by atoms with Crippen molar-refractivity contribution >= 4 is 21.6 Å². The van der Waals surface area contributed by atoms with E-state index < -0.39 is 0 Å². The molecule has 2 aromatic carbocycles. The van der Waals surface area contributed by atoms with E-state index in [0.717, 1.165) is 6.04 Å². The molecule has 0 radical (unpaired) electrons. The van der Waals surface area contributed by atoms with Crippen LogP contribution in [-0.4, -0.2) is 45.3 Å². The van der Waals surface area contributed by atoms with Crippen LogP contribution in [0.3, 0.4) is 0 Å². The number of rotatable bonds is 4. The molecular formula is C22H30BrN3+2. The minimum absolute atomic E-state index is 0.874. The molecule has 2 aromatic rings. The van der Waals surface area contributed by atoms with Gasteiger partial charge < -0.3 is 14.7 Å². The van der Waals surface area contributed by atoms with Gasteiger partial charge in [-0.2, -0.15) is 0 Å². The molecule has 0 aliphatic carbocycles. The maximum atomic E-state index is 3.59. The van der Waals surface area contributed by atoms with Crippen molar-refractivity contribution in [3.8, 4) is 0 Å². The van der Waals surface area contributed by atoms with Crippen LogP contribution in [0, 0.1) is 0 Å². The van der Waals surface area contributed by atoms with Gasteiger partial charge in [0.1, 0.15) is 6.54 Å². The van der Waals surface area contributed by atoms with Gasteiger partial charge in [-0.15, -0.1) is 0 Å². The fourth-order valence-corrected chi connectivity index (χ4v) is 5.09. The van der Waals surface area contributed by atoms with Gasteiger partial charge in [-0.3, -0.25) is 0 Å². The topological polar surface area (TPSA) is 12.1 Å². The van der Waals surface area contributed by atoms with Crippen LogP contribution < -0.4 is 14.7 Å². The smallest absolute Gasteiger partial charge is 0.103 e. The van der Waals surface area contributed by atoms with Crippen LogP contribution in [-0.2, 0) is 6.54 Å². The number of hydrogen-bond donors (Lipinski definition) is 2. The summed E-state index contributed by atoms with van der Waals surface area (Å²) in [5, 5.41) is 0. The van der Waals surface area contributed by atoms with E-state index in [1.165, 1.54) is 74.4 Å². The standard InChI is InChI=1S/C22H28BrN3/c23-20-6-4-5-19(17-20)18-24-11-9-22(10-12-24)26-15-13-25(14-16-26)21-7-2-1-3-8-21/h1-8,17,22H,9-16,18H2/p+2. The number of quaternary nitrogens is 2. The molecule has 0 unspecified atom stereocenters. The van der Waals surface area contributed by atoms with E-state index in [1.807, 2.05) is 4.90 Å². The van der Waals surface area contributed by atoms with E-state index in [-0.39, 0.29) is 0 Å². The number of anilines is 1. The molecule has 3 nitrogen and oxygen atoms in total. The number of piperazine rings is 1. The summed E-state index contributed by atoms with van der Waals surface area (Å²) in [5.74, 6) is 0. The van der Waals surface area contributed by atoms with Crippen LogP contribution in [0.1, 0.15) is 18.4 Å². The largest absolute Gasteiger partial charge is 0.360 e. The molecule has 2 aliphatic heterocycles. The number of para-hydroxylation sites is 1. The lowest BCUT2D eigenvalue weighted by molar-refractivity contribution is -0.963. The number of piperidine rings is 1. The van der Waals surface area contributed by atoms with Gasteiger partial charge in [-0.05, 0) is 24.3 Å². The number of nitrogens with one attached hydrogen (secondary N) is 2. The second-order valence-corrected chi connectivity index (χ2v) is 8.73. The molecule has 0 saturated carbocycles. The molecule has 0 aromatic heterocycles. The highest BCUT2D eigenvalue weighted by Gasteiger charge is 2.32.